The Morgan fingerprint density at radius 3 is 2.62 bits per heavy atom. The molecule has 1 aliphatic heterocycles. The van der Waals surface area contributed by atoms with E-state index in [4.69, 9.17) is 21.7 Å². The maximum absolute atomic E-state index is 12.5. The Hall–Kier alpha value is -2.97. The van der Waals surface area contributed by atoms with Crippen molar-refractivity contribution in [2.45, 2.75) is 45.3 Å². The SMILES string of the molecule is CCC(C)Oc1cccc(C(=O)NC(=S)Nc2ccc(C(=O)NCC3CCCO3)cc2)c1. The van der Waals surface area contributed by atoms with E-state index in [1.54, 1.807) is 42.5 Å². The number of rotatable bonds is 8. The maximum Gasteiger partial charge on any atom is 0.257 e. The van der Waals surface area contributed by atoms with Crippen LogP contribution in [0.4, 0.5) is 5.69 Å². The van der Waals surface area contributed by atoms with E-state index in [1.807, 2.05) is 19.9 Å². The predicted octanol–water partition coefficient (Wildman–Crippen LogP) is 3.90. The third-order valence-corrected chi connectivity index (χ3v) is 5.36. The lowest BCUT2D eigenvalue weighted by molar-refractivity contribution is 0.0857. The van der Waals surface area contributed by atoms with Gasteiger partial charge in [-0.15, -0.1) is 0 Å². The van der Waals surface area contributed by atoms with Gasteiger partial charge in [-0.05, 0) is 80.9 Å². The summed E-state index contributed by atoms with van der Waals surface area (Å²) in [5, 5.41) is 8.67. The molecule has 2 amide bonds. The van der Waals surface area contributed by atoms with Gasteiger partial charge in [0.25, 0.3) is 11.8 Å². The van der Waals surface area contributed by atoms with E-state index in [9.17, 15) is 9.59 Å². The molecule has 3 N–H and O–H groups in total. The number of amides is 2. The molecule has 2 aromatic carbocycles. The van der Waals surface area contributed by atoms with Gasteiger partial charge >= 0.3 is 0 Å². The van der Waals surface area contributed by atoms with Crippen molar-refractivity contribution in [2.75, 3.05) is 18.5 Å². The molecule has 1 saturated heterocycles. The first-order valence-electron chi connectivity index (χ1n) is 10.8. The van der Waals surface area contributed by atoms with Crippen LogP contribution in [0.3, 0.4) is 0 Å². The Morgan fingerprint density at radius 2 is 1.94 bits per heavy atom. The minimum absolute atomic E-state index is 0.0668. The highest BCUT2D eigenvalue weighted by atomic mass is 32.1. The van der Waals surface area contributed by atoms with Gasteiger partial charge in [-0.25, -0.2) is 0 Å². The molecule has 0 aromatic heterocycles. The summed E-state index contributed by atoms with van der Waals surface area (Å²) in [5.41, 5.74) is 1.66. The van der Waals surface area contributed by atoms with Crippen LogP contribution in [0.1, 0.15) is 53.8 Å². The van der Waals surface area contributed by atoms with Crippen molar-refractivity contribution < 1.29 is 19.1 Å². The van der Waals surface area contributed by atoms with Crippen LogP contribution in [-0.4, -0.2) is 42.3 Å². The molecule has 0 aliphatic carbocycles. The molecular weight excluding hydrogens is 426 g/mol. The molecule has 7 nitrogen and oxygen atoms in total. The number of benzene rings is 2. The maximum atomic E-state index is 12.5. The summed E-state index contributed by atoms with van der Waals surface area (Å²) in [4.78, 5) is 24.8. The molecule has 0 spiro atoms. The van der Waals surface area contributed by atoms with Crippen LogP contribution < -0.4 is 20.7 Å². The smallest absolute Gasteiger partial charge is 0.257 e. The van der Waals surface area contributed by atoms with Crippen molar-refractivity contribution in [1.82, 2.24) is 10.6 Å². The Bertz CT molecular complexity index is 943. The van der Waals surface area contributed by atoms with E-state index < -0.39 is 0 Å². The summed E-state index contributed by atoms with van der Waals surface area (Å²) >= 11 is 5.25. The van der Waals surface area contributed by atoms with Gasteiger partial charge in [0.15, 0.2) is 5.11 Å². The van der Waals surface area contributed by atoms with E-state index >= 15 is 0 Å². The van der Waals surface area contributed by atoms with Gasteiger partial charge in [-0.1, -0.05) is 13.0 Å². The van der Waals surface area contributed by atoms with Crippen LogP contribution >= 0.6 is 12.2 Å². The lowest BCUT2D eigenvalue weighted by Gasteiger charge is -2.14. The zero-order valence-electron chi connectivity index (χ0n) is 18.4. The Kier molecular flexibility index (Phi) is 8.58. The quantitative estimate of drug-likeness (QED) is 0.523. The van der Waals surface area contributed by atoms with Crippen LogP contribution in [0, 0.1) is 0 Å². The summed E-state index contributed by atoms with van der Waals surface area (Å²) in [6, 6.07) is 13.9. The van der Waals surface area contributed by atoms with Gasteiger partial charge in [-0.2, -0.15) is 0 Å². The Morgan fingerprint density at radius 1 is 1.16 bits per heavy atom. The van der Waals surface area contributed by atoms with Crippen LogP contribution in [0.25, 0.3) is 0 Å². The fourth-order valence-corrected chi connectivity index (χ4v) is 3.39. The molecule has 0 radical (unpaired) electrons. The van der Waals surface area contributed by atoms with Crippen LogP contribution in [-0.2, 0) is 4.74 Å². The normalized spacial score (nSPS) is 16.1. The van der Waals surface area contributed by atoms with Gasteiger partial charge < -0.3 is 20.1 Å². The lowest BCUT2D eigenvalue weighted by atomic mass is 10.2. The van der Waals surface area contributed by atoms with Crippen molar-refractivity contribution in [2.24, 2.45) is 0 Å². The molecule has 8 heteroatoms. The highest BCUT2D eigenvalue weighted by molar-refractivity contribution is 7.80. The van der Waals surface area contributed by atoms with Crippen molar-refractivity contribution >= 4 is 34.8 Å². The molecule has 1 heterocycles. The van der Waals surface area contributed by atoms with E-state index in [2.05, 4.69) is 16.0 Å². The number of nitrogens with one attached hydrogen (secondary N) is 3. The molecule has 1 fully saturated rings. The topological polar surface area (TPSA) is 88.7 Å². The third kappa shape index (κ3) is 7.03. The Balaban J connectivity index is 1.49. The number of ether oxygens (including phenoxy) is 2. The highest BCUT2D eigenvalue weighted by Gasteiger charge is 2.16. The van der Waals surface area contributed by atoms with E-state index in [1.165, 1.54) is 0 Å². The number of carbonyl (C=O) groups excluding carboxylic acids is 2. The second kappa shape index (κ2) is 11.6. The zero-order valence-corrected chi connectivity index (χ0v) is 19.2. The molecular formula is C24H29N3O4S. The van der Waals surface area contributed by atoms with Crippen molar-refractivity contribution in [3.63, 3.8) is 0 Å². The third-order valence-electron chi connectivity index (χ3n) is 5.15. The number of anilines is 1. The first-order valence-corrected chi connectivity index (χ1v) is 11.2. The molecule has 170 valence electrons. The fourth-order valence-electron chi connectivity index (χ4n) is 3.18. The fraction of sp³-hybridized carbons (Fsp3) is 0.375. The summed E-state index contributed by atoms with van der Waals surface area (Å²) in [5.74, 6) is 0.156. The first kappa shape index (κ1) is 23.7. The molecule has 2 aromatic rings. The van der Waals surface area contributed by atoms with Gasteiger partial charge in [0.1, 0.15) is 5.75 Å². The molecule has 3 rings (SSSR count). The van der Waals surface area contributed by atoms with E-state index in [0.29, 0.717) is 29.1 Å². The van der Waals surface area contributed by atoms with Crippen LogP contribution in [0.15, 0.2) is 48.5 Å². The number of hydrogen-bond donors (Lipinski definition) is 3. The largest absolute Gasteiger partial charge is 0.491 e. The molecule has 2 unspecified atom stereocenters. The molecule has 0 bridgehead atoms. The molecule has 0 saturated carbocycles. The Labute approximate surface area is 193 Å². The van der Waals surface area contributed by atoms with Crippen LogP contribution in [0.2, 0.25) is 0 Å². The number of carbonyl (C=O) groups is 2. The van der Waals surface area contributed by atoms with Gasteiger partial charge in [-0.3, -0.25) is 14.9 Å². The minimum atomic E-state index is -0.331. The zero-order chi connectivity index (χ0) is 22.9. The molecule has 2 atom stereocenters. The minimum Gasteiger partial charge on any atom is -0.491 e. The number of hydrogen-bond acceptors (Lipinski definition) is 5. The summed E-state index contributed by atoms with van der Waals surface area (Å²) in [6.45, 7) is 5.29. The van der Waals surface area contributed by atoms with E-state index in [0.717, 1.165) is 25.9 Å². The number of thiocarbonyl (C=S) groups is 1. The lowest BCUT2D eigenvalue weighted by Crippen LogP contribution is -2.34. The van der Waals surface area contributed by atoms with Crippen LogP contribution in [0.5, 0.6) is 5.75 Å². The van der Waals surface area contributed by atoms with Crippen molar-refractivity contribution in [1.29, 1.82) is 0 Å². The van der Waals surface area contributed by atoms with Gasteiger partial charge in [0, 0.05) is 30.0 Å². The van der Waals surface area contributed by atoms with E-state index in [-0.39, 0.29) is 29.1 Å². The summed E-state index contributed by atoms with van der Waals surface area (Å²) in [7, 11) is 0. The second-order valence-corrected chi connectivity index (χ2v) is 8.10. The summed E-state index contributed by atoms with van der Waals surface area (Å²) < 4.78 is 11.3. The predicted molar refractivity (Wildman–Crippen MR) is 128 cm³/mol. The average Bonchev–Trinajstić information content (AvgIpc) is 3.31. The molecule has 32 heavy (non-hydrogen) atoms. The first-order chi connectivity index (χ1) is 15.4. The summed E-state index contributed by atoms with van der Waals surface area (Å²) in [6.07, 6.45) is 3.05. The second-order valence-electron chi connectivity index (χ2n) is 7.70. The van der Waals surface area contributed by atoms with Gasteiger partial charge in [0.05, 0.1) is 12.2 Å². The van der Waals surface area contributed by atoms with Crippen molar-refractivity contribution in [3.8, 4) is 5.75 Å². The highest BCUT2D eigenvalue weighted by Crippen LogP contribution is 2.16. The monoisotopic (exact) mass is 455 g/mol. The molecule has 1 aliphatic rings. The standard InChI is InChI=1S/C24H29N3O4S/c1-3-16(2)31-20-7-4-6-18(14-20)23(29)27-24(32)26-19-11-9-17(10-12-19)22(28)25-15-21-8-5-13-30-21/h4,6-7,9-12,14,16,21H,3,5,8,13,15H2,1-2H3,(H,25,28)(H2,26,27,29,32). The van der Waals surface area contributed by atoms with Crippen molar-refractivity contribution in [3.05, 3.63) is 59.7 Å². The van der Waals surface area contributed by atoms with Gasteiger partial charge in [0.2, 0.25) is 0 Å². The average molecular weight is 456 g/mol.